The standard InChI is InChI=1S/C28H22ClF4N3O6S/c1-14(37)41-11-21(28(31,32)33)34-13-36(35-10-9-20(39)25(42-15(2)38)24(35)27(34)40)23-17-6-4-8-19(30)26(17)43-12-16-5-3-7-18(29)22(16)23/h3-10,21,23H,11-13H2,1-2H3/t21-,23-/m1/s1. The third-order valence-corrected chi connectivity index (χ3v) is 8.40. The summed E-state index contributed by atoms with van der Waals surface area (Å²) < 4.78 is 69.6. The van der Waals surface area contributed by atoms with Crippen molar-refractivity contribution < 1.29 is 41.4 Å². The zero-order valence-corrected chi connectivity index (χ0v) is 24.1. The molecule has 5 rings (SSSR count). The van der Waals surface area contributed by atoms with Gasteiger partial charge in [0.1, 0.15) is 25.1 Å². The smallest absolute Gasteiger partial charge is 0.412 e. The van der Waals surface area contributed by atoms with E-state index in [1.807, 2.05) is 0 Å². The van der Waals surface area contributed by atoms with E-state index in [0.717, 1.165) is 30.8 Å². The van der Waals surface area contributed by atoms with E-state index >= 15 is 4.39 Å². The van der Waals surface area contributed by atoms with Crippen molar-refractivity contribution in [3.8, 4) is 5.75 Å². The Hall–Kier alpha value is -4.04. The van der Waals surface area contributed by atoms with E-state index in [1.165, 1.54) is 28.9 Å². The Labute approximate surface area is 250 Å². The number of hydrogen-bond donors (Lipinski definition) is 0. The summed E-state index contributed by atoms with van der Waals surface area (Å²) in [6.07, 6.45) is -3.95. The zero-order valence-electron chi connectivity index (χ0n) is 22.5. The van der Waals surface area contributed by atoms with Gasteiger partial charge in [-0.2, -0.15) is 13.2 Å². The second-order valence-electron chi connectivity index (χ2n) is 9.67. The van der Waals surface area contributed by atoms with Crippen LogP contribution in [0, 0.1) is 5.82 Å². The molecule has 3 heterocycles. The van der Waals surface area contributed by atoms with Crippen molar-refractivity contribution in [2.75, 3.05) is 18.3 Å². The predicted octanol–water partition coefficient (Wildman–Crippen LogP) is 4.81. The van der Waals surface area contributed by atoms with Crippen LogP contribution in [0.4, 0.5) is 17.6 Å². The molecule has 0 spiro atoms. The van der Waals surface area contributed by atoms with Crippen molar-refractivity contribution in [2.45, 2.75) is 42.8 Å². The molecule has 0 radical (unpaired) electrons. The minimum Gasteiger partial charge on any atom is -0.463 e. The van der Waals surface area contributed by atoms with Gasteiger partial charge in [-0.05, 0) is 23.3 Å². The number of rotatable bonds is 5. The lowest BCUT2D eigenvalue weighted by atomic mass is 9.94. The number of alkyl halides is 3. The lowest BCUT2D eigenvalue weighted by molar-refractivity contribution is -0.192. The van der Waals surface area contributed by atoms with Gasteiger partial charge in [0.15, 0.2) is 11.7 Å². The fourth-order valence-electron chi connectivity index (χ4n) is 5.11. The first-order valence-corrected chi connectivity index (χ1v) is 14.1. The van der Waals surface area contributed by atoms with E-state index in [-0.39, 0.29) is 15.7 Å². The number of fused-ring (bicyclic) bond motifs is 3. The van der Waals surface area contributed by atoms with Crippen LogP contribution in [-0.2, 0) is 20.1 Å². The first-order valence-electron chi connectivity index (χ1n) is 12.7. The molecule has 9 nitrogen and oxygen atoms in total. The van der Waals surface area contributed by atoms with Crippen LogP contribution in [-0.4, -0.2) is 52.9 Å². The van der Waals surface area contributed by atoms with Crippen molar-refractivity contribution in [1.29, 1.82) is 0 Å². The largest absolute Gasteiger partial charge is 0.463 e. The maximum Gasteiger partial charge on any atom is 0.412 e. The summed E-state index contributed by atoms with van der Waals surface area (Å²) in [7, 11) is 0. The lowest BCUT2D eigenvalue weighted by Crippen LogP contribution is -2.62. The Morgan fingerprint density at radius 3 is 2.49 bits per heavy atom. The molecule has 0 unspecified atom stereocenters. The van der Waals surface area contributed by atoms with E-state index in [4.69, 9.17) is 16.3 Å². The summed E-state index contributed by atoms with van der Waals surface area (Å²) in [5, 5.41) is 1.52. The first-order chi connectivity index (χ1) is 20.3. The Bertz CT molecular complexity index is 1700. The number of benzene rings is 2. The molecule has 0 bridgehead atoms. The van der Waals surface area contributed by atoms with Crippen LogP contribution in [0.1, 0.15) is 47.1 Å². The molecule has 2 aliphatic heterocycles. The van der Waals surface area contributed by atoms with Crippen LogP contribution in [0.25, 0.3) is 0 Å². The van der Waals surface area contributed by atoms with Gasteiger partial charge in [-0.1, -0.05) is 35.9 Å². The number of carbonyl (C=O) groups excluding carboxylic acids is 3. The van der Waals surface area contributed by atoms with Gasteiger partial charge in [0, 0.05) is 47.3 Å². The van der Waals surface area contributed by atoms with E-state index in [9.17, 15) is 32.3 Å². The van der Waals surface area contributed by atoms with Gasteiger partial charge >= 0.3 is 18.1 Å². The Morgan fingerprint density at radius 1 is 1.09 bits per heavy atom. The van der Waals surface area contributed by atoms with Crippen LogP contribution < -0.4 is 15.2 Å². The molecule has 0 aliphatic carbocycles. The molecular weight excluding hydrogens is 618 g/mol. The second-order valence-corrected chi connectivity index (χ2v) is 11.1. The quantitative estimate of drug-likeness (QED) is 0.290. The highest BCUT2D eigenvalue weighted by Gasteiger charge is 2.51. The average Bonchev–Trinajstić information content (AvgIpc) is 3.09. The minimum atomic E-state index is -5.10. The maximum absolute atomic E-state index is 15.2. The number of amides is 1. The fraction of sp³-hybridized carbons (Fsp3) is 0.286. The Morgan fingerprint density at radius 2 is 1.81 bits per heavy atom. The van der Waals surface area contributed by atoms with Crippen molar-refractivity contribution in [3.63, 3.8) is 0 Å². The maximum atomic E-state index is 15.2. The monoisotopic (exact) mass is 639 g/mol. The molecule has 2 atom stereocenters. The number of aromatic nitrogens is 1. The summed E-state index contributed by atoms with van der Waals surface area (Å²) >= 11 is 7.86. The highest BCUT2D eigenvalue weighted by Crippen LogP contribution is 2.46. The number of pyridine rings is 1. The molecule has 1 aromatic heterocycles. The topological polar surface area (TPSA) is 98.2 Å². The molecule has 0 saturated carbocycles. The number of esters is 2. The van der Waals surface area contributed by atoms with Gasteiger partial charge in [-0.15, -0.1) is 11.8 Å². The number of nitrogens with zero attached hydrogens (tertiary/aromatic N) is 3. The first kappa shape index (κ1) is 30.4. The number of carbonyl (C=O) groups is 3. The van der Waals surface area contributed by atoms with E-state index in [1.54, 1.807) is 24.3 Å². The van der Waals surface area contributed by atoms with Crippen LogP contribution in [0.3, 0.4) is 0 Å². The van der Waals surface area contributed by atoms with Gasteiger partial charge < -0.3 is 14.4 Å². The molecule has 0 fully saturated rings. The van der Waals surface area contributed by atoms with Gasteiger partial charge in [-0.3, -0.25) is 28.9 Å². The minimum absolute atomic E-state index is 0.207. The highest BCUT2D eigenvalue weighted by molar-refractivity contribution is 7.98. The van der Waals surface area contributed by atoms with E-state index in [2.05, 4.69) is 4.74 Å². The predicted molar refractivity (Wildman–Crippen MR) is 147 cm³/mol. The van der Waals surface area contributed by atoms with Crippen molar-refractivity contribution in [1.82, 2.24) is 9.58 Å². The van der Waals surface area contributed by atoms with E-state index < -0.39 is 72.1 Å². The van der Waals surface area contributed by atoms with Gasteiger partial charge in [-0.25, -0.2) is 4.39 Å². The molecular formula is C28H22ClF4N3O6S. The average molecular weight is 640 g/mol. The number of halogens is 5. The SMILES string of the molecule is CC(=O)OC[C@@H](N1CN([C@@H]2c3cccc(F)c3SCc3cccc(Cl)c32)n2ccc(=O)c(OC(C)=O)c2C1=O)C(F)(F)F. The van der Waals surface area contributed by atoms with Crippen LogP contribution >= 0.6 is 23.4 Å². The Kier molecular flexibility index (Phi) is 8.18. The van der Waals surface area contributed by atoms with Crippen molar-refractivity contribution >= 4 is 41.2 Å². The zero-order chi connectivity index (χ0) is 31.2. The molecule has 0 saturated heterocycles. The van der Waals surface area contributed by atoms with Gasteiger partial charge in [0.2, 0.25) is 11.2 Å². The molecule has 2 aromatic carbocycles. The molecule has 15 heteroatoms. The number of thioether (sulfide) groups is 1. The molecule has 3 aromatic rings. The normalized spacial score (nSPS) is 16.9. The summed E-state index contributed by atoms with van der Waals surface area (Å²) in [4.78, 5) is 50.7. The second kappa shape index (κ2) is 11.6. The van der Waals surface area contributed by atoms with Crippen molar-refractivity contribution in [3.05, 3.63) is 92.1 Å². The van der Waals surface area contributed by atoms with Crippen LogP contribution in [0.15, 0.2) is 58.4 Å². The van der Waals surface area contributed by atoms with Crippen LogP contribution in [0.2, 0.25) is 5.02 Å². The number of hydrogen-bond acceptors (Lipinski definition) is 8. The molecule has 0 N–H and O–H groups in total. The molecule has 2 aliphatic rings. The molecule has 43 heavy (non-hydrogen) atoms. The fourth-order valence-corrected chi connectivity index (χ4v) is 6.51. The van der Waals surface area contributed by atoms with Gasteiger partial charge in [0.25, 0.3) is 5.91 Å². The Balaban J connectivity index is 1.82. The highest BCUT2D eigenvalue weighted by atomic mass is 35.5. The number of ether oxygens (including phenoxy) is 2. The lowest BCUT2D eigenvalue weighted by Gasteiger charge is -2.46. The third-order valence-electron chi connectivity index (χ3n) is 6.90. The molecule has 1 amide bonds. The van der Waals surface area contributed by atoms with Gasteiger partial charge in [0.05, 0.1) is 0 Å². The summed E-state index contributed by atoms with van der Waals surface area (Å²) in [5.74, 6) is -4.44. The molecule has 226 valence electrons. The van der Waals surface area contributed by atoms with Crippen molar-refractivity contribution in [2.24, 2.45) is 0 Å². The summed E-state index contributed by atoms with van der Waals surface area (Å²) in [6.45, 7) is -0.154. The third kappa shape index (κ3) is 5.68. The summed E-state index contributed by atoms with van der Waals surface area (Å²) in [5.41, 5.74) is -0.224. The van der Waals surface area contributed by atoms with E-state index in [0.29, 0.717) is 21.6 Å². The summed E-state index contributed by atoms with van der Waals surface area (Å²) in [6, 6.07) is 6.49. The van der Waals surface area contributed by atoms with Crippen LogP contribution in [0.5, 0.6) is 5.75 Å².